The number of nitrogens with zero attached hydrogens (tertiary/aromatic N) is 5. The summed E-state index contributed by atoms with van der Waals surface area (Å²) in [5, 5.41) is 76.0. The fraction of sp³-hybridized carbons (Fsp3) is 0.800. The lowest BCUT2D eigenvalue weighted by Gasteiger charge is -2.49. The van der Waals surface area contributed by atoms with Crippen molar-refractivity contribution in [1.82, 2.24) is 24.8 Å². The highest BCUT2D eigenvalue weighted by atomic mass is 16.7. The molecule has 0 bridgehead atoms. The van der Waals surface area contributed by atoms with Crippen molar-refractivity contribution in [1.29, 1.82) is 5.41 Å². The Bertz CT molecular complexity index is 1960. The SMILES string of the molecule is CC[C@H]1OC(=O)[C@H](C)[C@@H](O[C@H]2C[C@@](C)(OC)[C@@H](O)[C@H](C)O2)[C@H](C)[C@@H](O[C@@H]2O[C@H](C)C[C@H](N(C)CCc3cn(CCc4ccc(C(=N)N)cc4)nn3)[C@H]2O)[C@](C)(O)C[C@@H](C)CN(C)[C@H](C)[C@@H](O)[C@]1(C)O. The molecule has 0 aliphatic carbocycles. The van der Waals surface area contributed by atoms with Gasteiger partial charge in [0.25, 0.3) is 0 Å². The number of amidine groups is 1. The number of methoxy groups -OCH3 is 1. The van der Waals surface area contributed by atoms with Gasteiger partial charge in [0, 0.05) is 69.3 Å². The molecule has 0 unspecified atom stereocenters. The standard InChI is InChI=1S/C50H85N7O12/c1-14-38-50(10,63)42(59)32(6)56(12)26-28(2)24-48(8,62)44(30(4)41(31(5)46(61)67-38)68-39-25-49(9,64-13)43(60)33(7)66-39)69-47-40(58)37(23-29(3)65-47)55(11)21-20-36-27-57(54-53-36)22-19-34-15-17-35(18-16-34)45(51)52/h15-18,27-33,37-44,47,58-60,62-63H,14,19-26H2,1-13H3,(H3,51,52)/t28-,29-,30+,31-,32-,33+,37+,38-,39+,40-,41+,42-,43+,44-,47+,48-,49-,50-/m1/s1. The van der Waals surface area contributed by atoms with E-state index in [1.807, 2.05) is 70.2 Å². The summed E-state index contributed by atoms with van der Waals surface area (Å²) >= 11 is 0. The molecule has 3 aliphatic heterocycles. The van der Waals surface area contributed by atoms with E-state index in [1.165, 1.54) is 14.0 Å². The molecule has 0 saturated carbocycles. The van der Waals surface area contributed by atoms with E-state index in [1.54, 1.807) is 46.2 Å². The van der Waals surface area contributed by atoms with Crippen molar-refractivity contribution in [2.24, 2.45) is 23.5 Å². The van der Waals surface area contributed by atoms with Gasteiger partial charge >= 0.3 is 5.97 Å². The monoisotopic (exact) mass is 976 g/mol. The Labute approximate surface area is 409 Å². The van der Waals surface area contributed by atoms with Crippen molar-refractivity contribution < 1.29 is 58.7 Å². The van der Waals surface area contributed by atoms with Gasteiger partial charge in [0.2, 0.25) is 0 Å². The van der Waals surface area contributed by atoms with Crippen molar-refractivity contribution in [3.8, 4) is 0 Å². The molecule has 8 N–H and O–H groups in total. The maximum atomic E-state index is 14.5. The summed E-state index contributed by atoms with van der Waals surface area (Å²) in [6, 6.07) is 6.59. The van der Waals surface area contributed by atoms with Gasteiger partial charge in [-0.2, -0.15) is 0 Å². The molecule has 19 nitrogen and oxygen atoms in total. The van der Waals surface area contributed by atoms with Gasteiger partial charge in [-0.25, -0.2) is 0 Å². The van der Waals surface area contributed by atoms with Gasteiger partial charge in [0.15, 0.2) is 12.6 Å². The first-order chi connectivity index (χ1) is 32.2. The number of likely N-dealkylation sites (N-methyl/N-ethyl adjacent to an activating group) is 2. The topological polar surface area (TPSA) is 261 Å². The maximum Gasteiger partial charge on any atom is 0.311 e. The second-order valence-corrected chi connectivity index (χ2v) is 21.3. The number of esters is 1. The Balaban J connectivity index is 1.42. The highest BCUT2D eigenvalue weighted by Crippen LogP contribution is 2.40. The number of aromatic nitrogens is 3. The lowest BCUT2D eigenvalue weighted by molar-refractivity contribution is -0.318. The molecule has 5 rings (SSSR count). The van der Waals surface area contributed by atoms with E-state index < -0.39 is 102 Å². The Morgan fingerprint density at radius 1 is 0.986 bits per heavy atom. The van der Waals surface area contributed by atoms with Gasteiger partial charge < -0.3 is 69.5 Å². The molecule has 0 spiro atoms. The van der Waals surface area contributed by atoms with Crippen LogP contribution < -0.4 is 5.73 Å². The van der Waals surface area contributed by atoms with Crippen LogP contribution in [0.15, 0.2) is 30.5 Å². The van der Waals surface area contributed by atoms with E-state index in [2.05, 4.69) is 15.2 Å². The third-order valence-corrected chi connectivity index (χ3v) is 15.3. The van der Waals surface area contributed by atoms with Gasteiger partial charge in [-0.1, -0.05) is 50.3 Å². The number of hydrogen-bond donors (Lipinski definition) is 7. The number of benzene rings is 1. The lowest BCUT2D eigenvalue weighted by Crippen LogP contribution is -2.61. The van der Waals surface area contributed by atoms with Crippen molar-refractivity contribution in [3.05, 3.63) is 47.3 Å². The molecule has 0 radical (unpaired) electrons. The Morgan fingerprint density at radius 2 is 1.65 bits per heavy atom. The fourth-order valence-corrected chi connectivity index (χ4v) is 10.8. The van der Waals surface area contributed by atoms with Gasteiger partial charge in [-0.3, -0.25) is 14.9 Å². The molecule has 1 aromatic carbocycles. The largest absolute Gasteiger partial charge is 0.459 e. The van der Waals surface area contributed by atoms with Crippen molar-refractivity contribution in [2.45, 2.75) is 205 Å². The van der Waals surface area contributed by atoms with Crippen LogP contribution in [0.25, 0.3) is 0 Å². The summed E-state index contributed by atoms with van der Waals surface area (Å²) in [7, 11) is 5.28. The second kappa shape index (κ2) is 23.6. The van der Waals surface area contributed by atoms with Crippen LogP contribution in [0.2, 0.25) is 0 Å². The van der Waals surface area contributed by atoms with Crippen molar-refractivity contribution >= 4 is 11.8 Å². The zero-order valence-corrected chi connectivity index (χ0v) is 43.3. The molecule has 3 fully saturated rings. The number of carbonyl (C=O) groups excluding carboxylic acids is 1. The molecule has 2 aromatic rings. The summed E-state index contributed by atoms with van der Waals surface area (Å²) in [5.41, 5.74) is 3.64. The highest BCUT2D eigenvalue weighted by Gasteiger charge is 2.53. The van der Waals surface area contributed by atoms with Crippen LogP contribution in [0.3, 0.4) is 0 Å². The van der Waals surface area contributed by atoms with Gasteiger partial charge in [-0.15, -0.1) is 5.10 Å². The normalized spacial score (nSPS) is 40.2. The van der Waals surface area contributed by atoms with Crippen molar-refractivity contribution in [3.63, 3.8) is 0 Å². The van der Waals surface area contributed by atoms with E-state index in [9.17, 15) is 30.3 Å². The number of nitrogens with two attached hydrogens (primary N) is 1. The number of carbonyl (C=O) groups is 1. The molecule has 4 heterocycles. The van der Waals surface area contributed by atoms with E-state index in [4.69, 9.17) is 39.6 Å². The van der Waals surface area contributed by atoms with Gasteiger partial charge in [0.05, 0.1) is 47.2 Å². The zero-order chi connectivity index (χ0) is 51.3. The van der Waals surface area contributed by atoms with Crippen LogP contribution in [0, 0.1) is 23.2 Å². The van der Waals surface area contributed by atoms with Gasteiger partial charge in [0.1, 0.15) is 35.9 Å². The van der Waals surface area contributed by atoms with Crippen LogP contribution in [0.5, 0.6) is 0 Å². The number of nitrogens with one attached hydrogen (secondary N) is 1. The maximum absolute atomic E-state index is 14.5. The third-order valence-electron chi connectivity index (χ3n) is 15.3. The number of ether oxygens (including phenoxy) is 6. The molecule has 1 aromatic heterocycles. The average molecular weight is 976 g/mol. The first-order valence-corrected chi connectivity index (χ1v) is 24.8. The van der Waals surface area contributed by atoms with Crippen LogP contribution in [0.1, 0.15) is 112 Å². The summed E-state index contributed by atoms with van der Waals surface area (Å²) in [5.74, 6) is -2.74. The van der Waals surface area contributed by atoms with E-state index in [0.717, 1.165) is 17.7 Å². The predicted molar refractivity (Wildman–Crippen MR) is 258 cm³/mol. The summed E-state index contributed by atoms with van der Waals surface area (Å²) in [6.07, 6.45) is -5.80. The minimum absolute atomic E-state index is 0.0280. The molecule has 69 heavy (non-hydrogen) atoms. The Morgan fingerprint density at radius 3 is 2.28 bits per heavy atom. The number of cyclic esters (lactones) is 1. The van der Waals surface area contributed by atoms with Crippen LogP contribution in [0.4, 0.5) is 0 Å². The second-order valence-electron chi connectivity index (χ2n) is 21.3. The first kappa shape index (κ1) is 56.7. The lowest BCUT2D eigenvalue weighted by atomic mass is 9.77. The number of aryl methyl sites for hydroxylation is 2. The average Bonchev–Trinajstić information content (AvgIpc) is 3.76. The summed E-state index contributed by atoms with van der Waals surface area (Å²) in [6.45, 7) is 19.1. The van der Waals surface area contributed by atoms with Crippen LogP contribution >= 0.6 is 0 Å². The van der Waals surface area contributed by atoms with Gasteiger partial charge in [-0.05, 0) is 99.7 Å². The molecule has 0 amide bonds. The summed E-state index contributed by atoms with van der Waals surface area (Å²) < 4.78 is 40.1. The molecule has 392 valence electrons. The first-order valence-electron chi connectivity index (χ1n) is 24.8. The number of nitrogen functional groups attached to an aromatic ring is 1. The Kier molecular flexibility index (Phi) is 19.4. The van der Waals surface area contributed by atoms with Crippen LogP contribution in [-0.4, -0.2) is 187 Å². The van der Waals surface area contributed by atoms with E-state index in [-0.39, 0.29) is 37.1 Å². The molecule has 19 heteroatoms. The third kappa shape index (κ3) is 13.7. The zero-order valence-electron chi connectivity index (χ0n) is 43.3. The number of aliphatic hydroxyl groups is 5. The molecule has 18 atom stereocenters. The number of hydrogen-bond acceptors (Lipinski definition) is 17. The van der Waals surface area contributed by atoms with Crippen LogP contribution in [-0.2, 0) is 52.6 Å². The minimum atomic E-state index is -1.83. The van der Waals surface area contributed by atoms with E-state index in [0.29, 0.717) is 38.0 Å². The smallest absolute Gasteiger partial charge is 0.311 e. The molecule has 3 saturated heterocycles. The predicted octanol–water partition coefficient (Wildman–Crippen LogP) is 2.63. The Hall–Kier alpha value is -3.18. The molecular weight excluding hydrogens is 891 g/mol. The molecule has 3 aliphatic rings. The quantitative estimate of drug-likeness (QED) is 0.0816. The van der Waals surface area contributed by atoms with E-state index >= 15 is 0 Å². The highest BCUT2D eigenvalue weighted by molar-refractivity contribution is 5.94. The number of aliphatic hydroxyl groups excluding tert-OH is 3. The fourth-order valence-electron chi connectivity index (χ4n) is 10.8. The molecular formula is C50H85N7O12. The number of rotatable bonds is 14. The minimum Gasteiger partial charge on any atom is -0.459 e. The summed E-state index contributed by atoms with van der Waals surface area (Å²) in [4.78, 5) is 18.4. The van der Waals surface area contributed by atoms with Crippen molar-refractivity contribution in [2.75, 3.05) is 34.3 Å².